The normalized spacial score (nSPS) is 20.4. The molecule has 30 heavy (non-hydrogen) atoms. The third-order valence-electron chi connectivity index (χ3n) is 7.13. The molecule has 0 fully saturated rings. The zero-order chi connectivity index (χ0) is 24.4. The van der Waals surface area contributed by atoms with E-state index < -0.39 is 33.7 Å². The molecular formula is C22H55NO3Si4. The van der Waals surface area contributed by atoms with Crippen LogP contribution in [0.4, 0.5) is 0 Å². The highest BCUT2D eigenvalue weighted by atomic mass is 28.4. The van der Waals surface area contributed by atoms with E-state index >= 15 is 0 Å². The van der Waals surface area contributed by atoms with Crippen molar-refractivity contribution in [1.29, 1.82) is 0 Å². The second-order valence-electron chi connectivity index (χ2n) is 12.6. The summed E-state index contributed by atoms with van der Waals surface area (Å²) in [6.45, 7) is 35.1. The first-order valence-corrected chi connectivity index (χ1v) is 24.0. The summed E-state index contributed by atoms with van der Waals surface area (Å²) < 4.78 is 20.7. The Morgan fingerprint density at radius 2 is 1.33 bits per heavy atom. The minimum atomic E-state index is -2.10. The van der Waals surface area contributed by atoms with E-state index in [0.717, 1.165) is 12.8 Å². The summed E-state index contributed by atoms with van der Waals surface area (Å²) in [4.78, 5) is 0. The monoisotopic (exact) mass is 493 g/mol. The van der Waals surface area contributed by atoms with Crippen molar-refractivity contribution >= 4 is 33.7 Å². The van der Waals surface area contributed by atoms with E-state index in [9.17, 15) is 0 Å². The fraction of sp³-hybridized carbons (Fsp3) is 1.00. The number of hydrogen-bond donors (Lipinski definition) is 1. The van der Waals surface area contributed by atoms with E-state index in [2.05, 4.69) is 100 Å². The van der Waals surface area contributed by atoms with Gasteiger partial charge in [0.2, 0.25) is 9.04 Å². The molecule has 0 aliphatic carbocycles. The van der Waals surface area contributed by atoms with Crippen molar-refractivity contribution in [3.05, 3.63) is 0 Å². The van der Waals surface area contributed by atoms with Gasteiger partial charge < -0.3 is 19.0 Å². The van der Waals surface area contributed by atoms with Crippen molar-refractivity contribution < 1.29 is 13.3 Å². The first-order valence-electron chi connectivity index (χ1n) is 11.9. The van der Waals surface area contributed by atoms with Gasteiger partial charge >= 0.3 is 0 Å². The van der Waals surface area contributed by atoms with E-state index in [1.165, 1.54) is 0 Å². The lowest BCUT2D eigenvalue weighted by Gasteiger charge is -2.51. The first-order chi connectivity index (χ1) is 13.1. The van der Waals surface area contributed by atoms with Crippen molar-refractivity contribution in [2.45, 2.75) is 135 Å². The minimum absolute atomic E-state index is 0.142. The zero-order valence-corrected chi connectivity index (χ0v) is 27.2. The Hall–Kier alpha value is 0.708. The molecule has 0 aliphatic rings. The molecule has 4 atom stereocenters. The lowest BCUT2D eigenvalue weighted by atomic mass is 10.0. The van der Waals surface area contributed by atoms with Crippen LogP contribution in [0.2, 0.25) is 64.5 Å². The number of hydrogen-bond acceptors (Lipinski definition) is 4. The summed E-state index contributed by atoms with van der Waals surface area (Å²) in [6.07, 6.45) is 2.05. The van der Waals surface area contributed by atoms with E-state index in [4.69, 9.17) is 19.0 Å². The average molecular weight is 494 g/mol. The first kappa shape index (κ1) is 30.7. The third kappa shape index (κ3) is 7.93. The standard InChI is InChI=1S/C22H55NO3Si4/c1-16-19(30(14,15)26-22(6,18-23)28(8,9)10)20(3,4)24-27(7)21(5,17-2)25-29(11,12)13/h19,27H,16-18,23H2,1-15H3/t19?,21-,22?,27?/m1/s1. The van der Waals surface area contributed by atoms with Crippen LogP contribution in [0.15, 0.2) is 0 Å². The van der Waals surface area contributed by atoms with Gasteiger partial charge in [0.15, 0.2) is 16.6 Å². The molecule has 0 aromatic heterocycles. The molecule has 0 saturated carbocycles. The van der Waals surface area contributed by atoms with Crippen molar-refractivity contribution in [2.75, 3.05) is 6.54 Å². The Morgan fingerprint density at radius 3 is 1.63 bits per heavy atom. The van der Waals surface area contributed by atoms with Gasteiger partial charge in [-0.3, -0.25) is 0 Å². The van der Waals surface area contributed by atoms with Crippen LogP contribution in [0.25, 0.3) is 0 Å². The summed E-state index contributed by atoms with van der Waals surface area (Å²) in [5.74, 6) is 0. The number of rotatable bonds is 13. The summed E-state index contributed by atoms with van der Waals surface area (Å²) in [5.41, 5.74) is 6.40. The molecule has 0 radical (unpaired) electrons. The number of nitrogens with two attached hydrogens (primary N) is 1. The Labute approximate surface area is 194 Å². The van der Waals surface area contributed by atoms with Crippen LogP contribution in [0.1, 0.15) is 54.4 Å². The molecule has 0 aliphatic heterocycles. The van der Waals surface area contributed by atoms with Crippen molar-refractivity contribution in [1.82, 2.24) is 0 Å². The van der Waals surface area contributed by atoms with Crippen LogP contribution < -0.4 is 5.73 Å². The molecule has 0 aromatic rings. The molecule has 0 spiro atoms. The minimum Gasteiger partial charge on any atom is -0.413 e. The summed E-state index contributed by atoms with van der Waals surface area (Å²) in [5, 5.41) is -0.356. The quantitative estimate of drug-likeness (QED) is 0.306. The smallest absolute Gasteiger partial charge is 0.204 e. The molecule has 0 saturated heterocycles. The van der Waals surface area contributed by atoms with Crippen LogP contribution in [-0.4, -0.2) is 56.3 Å². The predicted molar refractivity (Wildman–Crippen MR) is 145 cm³/mol. The topological polar surface area (TPSA) is 53.7 Å². The van der Waals surface area contributed by atoms with Gasteiger partial charge in [0.05, 0.1) is 24.1 Å². The van der Waals surface area contributed by atoms with Gasteiger partial charge in [-0.15, -0.1) is 0 Å². The molecule has 4 nitrogen and oxygen atoms in total. The van der Waals surface area contributed by atoms with Gasteiger partial charge in [0.25, 0.3) is 0 Å². The van der Waals surface area contributed by atoms with Crippen LogP contribution in [-0.2, 0) is 13.3 Å². The van der Waals surface area contributed by atoms with Crippen molar-refractivity contribution in [2.24, 2.45) is 5.73 Å². The molecule has 0 heterocycles. The average Bonchev–Trinajstić information content (AvgIpc) is 2.50. The van der Waals surface area contributed by atoms with E-state index in [1.54, 1.807) is 0 Å². The van der Waals surface area contributed by atoms with Gasteiger partial charge in [0, 0.05) is 12.1 Å². The van der Waals surface area contributed by atoms with Gasteiger partial charge in [-0.1, -0.05) is 39.9 Å². The van der Waals surface area contributed by atoms with Crippen LogP contribution in [0.5, 0.6) is 0 Å². The fourth-order valence-corrected chi connectivity index (χ4v) is 16.8. The molecule has 2 N–H and O–H groups in total. The Kier molecular flexibility index (Phi) is 10.6. The van der Waals surface area contributed by atoms with Gasteiger partial charge in [-0.05, 0) is 73.4 Å². The summed E-state index contributed by atoms with van der Waals surface area (Å²) in [6, 6.07) is 0. The second-order valence-corrected chi connectivity index (χ2v) is 29.4. The molecular weight excluding hydrogens is 439 g/mol. The van der Waals surface area contributed by atoms with E-state index in [-0.39, 0.29) is 16.0 Å². The molecule has 0 rings (SSSR count). The zero-order valence-electron chi connectivity index (χ0n) is 23.1. The van der Waals surface area contributed by atoms with Crippen LogP contribution in [0, 0.1) is 0 Å². The lowest BCUT2D eigenvalue weighted by molar-refractivity contribution is 0.0453. The highest BCUT2D eigenvalue weighted by Crippen LogP contribution is 2.43. The Balaban J connectivity index is 5.81. The van der Waals surface area contributed by atoms with Crippen LogP contribution in [0.3, 0.4) is 0 Å². The summed E-state index contributed by atoms with van der Waals surface area (Å²) >= 11 is 0. The highest BCUT2D eigenvalue weighted by molar-refractivity contribution is 6.81. The fourth-order valence-electron chi connectivity index (χ4n) is 4.78. The molecule has 0 aromatic carbocycles. The van der Waals surface area contributed by atoms with Crippen LogP contribution >= 0.6 is 0 Å². The Bertz CT molecular complexity index is 545. The SMILES string of the molecule is CCC(C(C)(C)O[SiH](C)[C@](C)(CC)O[Si](C)(C)C)[Si](C)(C)OC(C)(CN)[Si](C)(C)C. The molecule has 3 unspecified atom stereocenters. The van der Waals surface area contributed by atoms with Gasteiger partial charge in [0.1, 0.15) is 0 Å². The van der Waals surface area contributed by atoms with Crippen molar-refractivity contribution in [3.8, 4) is 0 Å². The van der Waals surface area contributed by atoms with Gasteiger partial charge in [-0.2, -0.15) is 0 Å². The van der Waals surface area contributed by atoms with Crippen molar-refractivity contribution in [3.63, 3.8) is 0 Å². The highest BCUT2D eigenvalue weighted by Gasteiger charge is 2.51. The van der Waals surface area contributed by atoms with Gasteiger partial charge in [-0.25, -0.2) is 0 Å². The molecule has 8 heteroatoms. The van der Waals surface area contributed by atoms with E-state index in [0.29, 0.717) is 12.1 Å². The maximum Gasteiger partial charge on any atom is 0.204 e. The Morgan fingerprint density at radius 1 is 0.867 bits per heavy atom. The third-order valence-corrected chi connectivity index (χ3v) is 19.1. The lowest BCUT2D eigenvalue weighted by Crippen LogP contribution is -2.64. The molecule has 0 amide bonds. The maximum atomic E-state index is 7.04. The summed E-state index contributed by atoms with van der Waals surface area (Å²) in [7, 11) is -6.97. The largest absolute Gasteiger partial charge is 0.413 e. The maximum absolute atomic E-state index is 7.04. The van der Waals surface area contributed by atoms with E-state index in [1.807, 2.05) is 0 Å². The predicted octanol–water partition coefficient (Wildman–Crippen LogP) is 6.29. The molecule has 0 bridgehead atoms. The second kappa shape index (κ2) is 10.3. The molecule has 182 valence electrons.